The highest BCUT2D eigenvalue weighted by molar-refractivity contribution is 6.35. The fourth-order valence-corrected chi connectivity index (χ4v) is 4.74. The van der Waals surface area contributed by atoms with Crippen LogP contribution in [0.15, 0.2) is 41.2 Å². The van der Waals surface area contributed by atoms with Crippen LogP contribution in [0.25, 0.3) is 15.9 Å². The maximum absolute atomic E-state index is 12.6. The van der Waals surface area contributed by atoms with Gasteiger partial charge < -0.3 is 14.3 Å². The minimum atomic E-state index is -0.0926. The van der Waals surface area contributed by atoms with E-state index in [1.54, 1.807) is 29.8 Å². The van der Waals surface area contributed by atoms with E-state index in [1.165, 1.54) is 0 Å². The zero-order valence-electron chi connectivity index (χ0n) is 17.6. The molecule has 3 aromatic rings. The van der Waals surface area contributed by atoms with Crippen LogP contribution in [-0.4, -0.2) is 39.6 Å². The van der Waals surface area contributed by atoms with E-state index in [2.05, 4.69) is 33.5 Å². The molecule has 6 nitrogen and oxygen atoms in total. The molecule has 0 N–H and O–H groups in total. The molecule has 0 unspecified atom stereocenters. The lowest BCUT2D eigenvalue weighted by Gasteiger charge is -2.45. The van der Waals surface area contributed by atoms with Crippen molar-refractivity contribution in [3.8, 4) is 0 Å². The molecule has 1 saturated heterocycles. The van der Waals surface area contributed by atoms with Gasteiger partial charge in [0.2, 0.25) is 5.52 Å². The minimum Gasteiger partial charge on any atom is -0.362 e. The largest absolute Gasteiger partial charge is 0.362 e. The lowest BCUT2D eigenvalue weighted by molar-refractivity contribution is 0.158. The lowest BCUT2D eigenvalue weighted by atomic mass is 10.0. The molecular weight excluding hydrogens is 433 g/mol. The van der Waals surface area contributed by atoms with Crippen molar-refractivity contribution in [1.29, 1.82) is 0 Å². The predicted molar refractivity (Wildman–Crippen MR) is 126 cm³/mol. The number of nitrogens with zero attached hydrogens (tertiary/aromatic N) is 5. The topological polar surface area (TPSA) is 45.7 Å². The van der Waals surface area contributed by atoms with Gasteiger partial charge >= 0.3 is 0 Å². The highest BCUT2D eigenvalue weighted by Crippen LogP contribution is 2.32. The van der Waals surface area contributed by atoms with Gasteiger partial charge in [0.15, 0.2) is 0 Å². The number of anilines is 1. The van der Waals surface area contributed by atoms with Gasteiger partial charge in [-0.25, -0.2) is 0 Å². The molecule has 1 aliphatic rings. The van der Waals surface area contributed by atoms with Crippen molar-refractivity contribution in [2.24, 2.45) is 7.05 Å². The molecule has 0 radical (unpaired) electrons. The van der Waals surface area contributed by atoms with Crippen molar-refractivity contribution in [2.75, 3.05) is 18.0 Å². The van der Waals surface area contributed by atoms with Crippen LogP contribution < -0.4 is 10.5 Å². The van der Waals surface area contributed by atoms with Gasteiger partial charge in [-0.05, 0) is 38.1 Å². The molecule has 0 saturated carbocycles. The number of halogens is 2. The fourth-order valence-electron chi connectivity index (χ4n) is 4.22. The maximum atomic E-state index is 12.6. The van der Waals surface area contributed by atoms with E-state index in [0.29, 0.717) is 27.9 Å². The smallest absolute Gasteiger partial charge is 0.270 e. The average molecular weight is 456 g/mol. The van der Waals surface area contributed by atoms with E-state index >= 15 is 0 Å². The summed E-state index contributed by atoms with van der Waals surface area (Å²) in [4.78, 5) is 25.2. The number of aromatic nitrogens is 2. The van der Waals surface area contributed by atoms with E-state index in [4.69, 9.17) is 29.8 Å². The average Bonchev–Trinajstić information content (AvgIpc) is 2.75. The van der Waals surface area contributed by atoms with Crippen molar-refractivity contribution in [1.82, 2.24) is 14.5 Å². The Kier molecular flexibility index (Phi) is 5.94. The van der Waals surface area contributed by atoms with Crippen LogP contribution in [0.3, 0.4) is 0 Å². The monoisotopic (exact) mass is 455 g/mol. The minimum absolute atomic E-state index is 0.0926. The van der Waals surface area contributed by atoms with Crippen LogP contribution in [-0.2, 0) is 13.6 Å². The molecule has 0 aliphatic carbocycles. The number of hydrogen-bond donors (Lipinski definition) is 0. The van der Waals surface area contributed by atoms with Crippen molar-refractivity contribution in [3.63, 3.8) is 0 Å². The van der Waals surface area contributed by atoms with Crippen molar-refractivity contribution >= 4 is 45.7 Å². The van der Waals surface area contributed by atoms with E-state index in [0.717, 1.165) is 29.9 Å². The predicted octanol–water partition coefficient (Wildman–Crippen LogP) is 4.89. The molecule has 1 aliphatic heterocycles. The highest BCUT2D eigenvalue weighted by atomic mass is 35.5. The zero-order valence-corrected chi connectivity index (χ0v) is 19.2. The van der Waals surface area contributed by atoms with Gasteiger partial charge in [0.1, 0.15) is 0 Å². The summed E-state index contributed by atoms with van der Waals surface area (Å²) in [5.74, 6) is 0.320. The van der Waals surface area contributed by atoms with Crippen LogP contribution in [0.5, 0.6) is 0 Å². The number of piperazine rings is 1. The summed E-state index contributed by atoms with van der Waals surface area (Å²) >= 11 is 12.8. The number of hydrogen-bond acceptors (Lipinski definition) is 4. The van der Waals surface area contributed by atoms with Crippen molar-refractivity contribution < 1.29 is 0 Å². The van der Waals surface area contributed by atoms with Crippen molar-refractivity contribution in [3.05, 3.63) is 73.8 Å². The Bertz CT molecular complexity index is 1230. The molecule has 2 atom stereocenters. The third-order valence-electron chi connectivity index (χ3n) is 6.02. The second-order valence-corrected chi connectivity index (χ2v) is 8.87. The molecule has 4 rings (SSSR count). The van der Waals surface area contributed by atoms with Gasteiger partial charge in [-0.15, -0.1) is 4.98 Å². The third-order valence-corrected chi connectivity index (χ3v) is 6.72. The molecule has 1 aromatic carbocycles. The summed E-state index contributed by atoms with van der Waals surface area (Å²) in [6, 6.07) is 11.0. The molecule has 0 spiro atoms. The van der Waals surface area contributed by atoms with Crippen LogP contribution in [0, 0.1) is 6.57 Å². The molecule has 31 heavy (non-hydrogen) atoms. The number of aryl methyl sites for hydroxylation is 1. The SMILES string of the molecule is [C-]#[N+]c1ccc2c(n1)c(N1C[C@@H](C)N(Cc3c(Cl)cccc3Cl)C[C@@H]1C)cc(=O)n2C. The summed E-state index contributed by atoms with van der Waals surface area (Å²) in [5, 5.41) is 1.34. The number of pyridine rings is 2. The summed E-state index contributed by atoms with van der Waals surface area (Å²) in [7, 11) is 1.73. The van der Waals surface area contributed by atoms with Crippen LogP contribution in [0.2, 0.25) is 10.0 Å². The molecule has 8 heteroatoms. The second kappa shape index (κ2) is 8.51. The van der Waals surface area contributed by atoms with Gasteiger partial charge in [0.25, 0.3) is 11.4 Å². The summed E-state index contributed by atoms with van der Waals surface area (Å²) in [5.41, 5.74) is 3.02. The summed E-state index contributed by atoms with van der Waals surface area (Å²) in [6.07, 6.45) is 0. The normalized spacial score (nSPS) is 19.5. The van der Waals surface area contributed by atoms with E-state index in [9.17, 15) is 4.79 Å². The van der Waals surface area contributed by atoms with Gasteiger partial charge in [-0.3, -0.25) is 9.69 Å². The van der Waals surface area contributed by atoms with Crippen molar-refractivity contribution in [2.45, 2.75) is 32.5 Å². The van der Waals surface area contributed by atoms with Gasteiger partial charge in [0.05, 0.1) is 11.2 Å². The Balaban J connectivity index is 1.69. The first-order valence-electron chi connectivity index (χ1n) is 10.1. The summed E-state index contributed by atoms with van der Waals surface area (Å²) in [6.45, 7) is 13.8. The van der Waals surface area contributed by atoms with Crippen LogP contribution in [0.4, 0.5) is 11.5 Å². The van der Waals surface area contributed by atoms with E-state index in [1.807, 2.05) is 18.2 Å². The highest BCUT2D eigenvalue weighted by Gasteiger charge is 2.32. The first kappa shape index (κ1) is 21.6. The molecule has 1 fully saturated rings. The van der Waals surface area contributed by atoms with E-state index < -0.39 is 0 Å². The summed E-state index contributed by atoms with van der Waals surface area (Å²) < 4.78 is 1.57. The van der Waals surface area contributed by atoms with Gasteiger partial charge in [0, 0.05) is 60.4 Å². The van der Waals surface area contributed by atoms with Crippen LogP contribution >= 0.6 is 23.2 Å². The maximum Gasteiger partial charge on any atom is 0.270 e. The molecule has 0 amide bonds. The van der Waals surface area contributed by atoms with Gasteiger partial charge in [-0.1, -0.05) is 35.8 Å². The van der Waals surface area contributed by atoms with Gasteiger partial charge in [-0.2, -0.15) is 0 Å². The second-order valence-electron chi connectivity index (χ2n) is 8.06. The molecule has 3 heterocycles. The lowest BCUT2D eigenvalue weighted by Crippen LogP contribution is -2.56. The molecular formula is C23H23Cl2N5O. The number of benzene rings is 1. The Morgan fingerprint density at radius 1 is 1.13 bits per heavy atom. The number of fused-ring (bicyclic) bond motifs is 1. The Labute approximate surface area is 191 Å². The Morgan fingerprint density at radius 3 is 2.52 bits per heavy atom. The number of rotatable bonds is 3. The Morgan fingerprint density at radius 2 is 1.84 bits per heavy atom. The molecule has 2 aromatic heterocycles. The quantitative estimate of drug-likeness (QED) is 0.527. The first-order valence-corrected chi connectivity index (χ1v) is 10.9. The molecule has 0 bridgehead atoms. The first-order chi connectivity index (χ1) is 14.8. The standard InChI is InChI=1S/C23H23Cl2N5O/c1-14-12-30(15(2)11-29(14)13-16-17(24)6-5-7-18(16)25)20-10-22(31)28(4)19-8-9-21(26-3)27-23(19)20/h5-10,14-15H,11-13H2,1-2,4H3/t14-,15+/m1/s1. The zero-order chi connectivity index (χ0) is 22.3. The molecule has 160 valence electrons. The fraction of sp³-hybridized carbons (Fsp3) is 0.348. The van der Waals surface area contributed by atoms with Crippen LogP contribution in [0.1, 0.15) is 19.4 Å². The Hall–Kier alpha value is -2.59. The third kappa shape index (κ3) is 4.01. The van der Waals surface area contributed by atoms with E-state index in [-0.39, 0.29) is 17.6 Å².